The molecule has 1 aromatic carbocycles. The summed E-state index contributed by atoms with van der Waals surface area (Å²) < 4.78 is 5.51. The molecule has 0 fully saturated rings. The van der Waals surface area contributed by atoms with E-state index in [1.54, 1.807) is 20.9 Å². The maximum Gasteiger partial charge on any atom is 0.230 e. The highest BCUT2D eigenvalue weighted by Gasteiger charge is 2.24. The number of nitrogens with one attached hydrogen (secondary N) is 1. The van der Waals surface area contributed by atoms with Gasteiger partial charge in [-0.05, 0) is 57.2 Å². The zero-order chi connectivity index (χ0) is 25.0. The molecule has 8 heteroatoms. The first kappa shape index (κ1) is 27.5. The van der Waals surface area contributed by atoms with Gasteiger partial charge in [0.25, 0.3) is 0 Å². The minimum Gasteiger partial charge on any atom is -0.450 e. The highest BCUT2D eigenvalue weighted by Crippen LogP contribution is 2.17. The third-order valence-corrected chi connectivity index (χ3v) is 5.50. The smallest absolute Gasteiger partial charge is 0.230 e. The van der Waals surface area contributed by atoms with E-state index in [0.29, 0.717) is 55.3 Å². The van der Waals surface area contributed by atoms with Crippen LogP contribution in [0.2, 0.25) is 5.02 Å². The van der Waals surface area contributed by atoms with Gasteiger partial charge in [0.15, 0.2) is 12.2 Å². The Morgan fingerprint density at radius 2 is 2.03 bits per heavy atom. The molecular formula is C26H34ClN3O4. The molecule has 0 radical (unpaired) electrons. The van der Waals surface area contributed by atoms with Crippen LogP contribution in [0.15, 0.2) is 52.2 Å². The summed E-state index contributed by atoms with van der Waals surface area (Å²) in [6.07, 6.45) is 10.2. The second kappa shape index (κ2) is 13.8. The second-order valence-electron chi connectivity index (χ2n) is 8.80. The lowest BCUT2D eigenvalue weighted by Crippen LogP contribution is -2.37. The van der Waals surface area contributed by atoms with Crippen molar-refractivity contribution in [2.24, 2.45) is 15.9 Å². The van der Waals surface area contributed by atoms with Gasteiger partial charge in [0.05, 0.1) is 11.5 Å². The number of aliphatic imine (C=N–C) groups is 2. The van der Waals surface area contributed by atoms with E-state index in [2.05, 4.69) is 15.3 Å². The van der Waals surface area contributed by atoms with Crippen molar-refractivity contribution in [1.82, 2.24) is 5.32 Å². The lowest BCUT2D eigenvalue weighted by molar-refractivity contribution is -0.123. The number of carbonyl (C=O) groups is 2. The van der Waals surface area contributed by atoms with Crippen LogP contribution in [-0.2, 0) is 14.3 Å². The van der Waals surface area contributed by atoms with Crippen LogP contribution in [-0.4, -0.2) is 48.2 Å². The van der Waals surface area contributed by atoms with Crippen LogP contribution in [0.1, 0.15) is 57.9 Å². The van der Waals surface area contributed by atoms with Crippen LogP contribution in [0.3, 0.4) is 0 Å². The lowest BCUT2D eigenvalue weighted by Gasteiger charge is -2.19. The maximum absolute atomic E-state index is 13.0. The zero-order valence-corrected chi connectivity index (χ0v) is 20.8. The second-order valence-corrected chi connectivity index (χ2v) is 9.24. The normalized spacial score (nSPS) is 16.1. The summed E-state index contributed by atoms with van der Waals surface area (Å²) in [7, 11) is 1.58. The van der Waals surface area contributed by atoms with Crippen LogP contribution in [0.5, 0.6) is 0 Å². The van der Waals surface area contributed by atoms with Gasteiger partial charge in [-0.1, -0.05) is 35.9 Å². The summed E-state index contributed by atoms with van der Waals surface area (Å²) in [4.78, 5) is 33.0. The number of aliphatic hydroxyl groups is 1. The number of amidine groups is 1. The molecule has 0 aliphatic heterocycles. The summed E-state index contributed by atoms with van der Waals surface area (Å²) in [6, 6.07) is 7.49. The Labute approximate surface area is 206 Å². The van der Waals surface area contributed by atoms with Gasteiger partial charge in [0.2, 0.25) is 5.91 Å². The molecule has 1 aromatic rings. The molecule has 1 aliphatic carbocycles. The average molecular weight is 488 g/mol. The molecule has 1 unspecified atom stereocenters. The van der Waals surface area contributed by atoms with Crippen LogP contribution in [0, 0.1) is 5.92 Å². The molecule has 7 nitrogen and oxygen atoms in total. The first-order valence-corrected chi connectivity index (χ1v) is 11.9. The van der Waals surface area contributed by atoms with Crippen molar-refractivity contribution in [2.75, 3.05) is 13.6 Å². The van der Waals surface area contributed by atoms with Crippen molar-refractivity contribution >= 4 is 41.6 Å². The summed E-state index contributed by atoms with van der Waals surface area (Å²) in [5.74, 6) is 0.129. The molecule has 1 amide bonds. The Hall–Kier alpha value is -2.77. The van der Waals surface area contributed by atoms with Crippen LogP contribution in [0.25, 0.3) is 6.08 Å². The molecule has 2 rings (SSSR count). The molecule has 34 heavy (non-hydrogen) atoms. The Balaban J connectivity index is 2.05. The van der Waals surface area contributed by atoms with E-state index in [4.69, 9.17) is 16.3 Å². The Morgan fingerprint density at radius 3 is 2.68 bits per heavy atom. The fourth-order valence-electron chi connectivity index (χ4n) is 3.35. The molecule has 1 atom stereocenters. The quantitative estimate of drug-likeness (QED) is 0.348. The topological polar surface area (TPSA) is 100 Å². The van der Waals surface area contributed by atoms with Gasteiger partial charge in [0, 0.05) is 37.5 Å². The van der Waals surface area contributed by atoms with Gasteiger partial charge in [-0.15, -0.1) is 0 Å². The Bertz CT molecular complexity index is 944. The van der Waals surface area contributed by atoms with Crippen molar-refractivity contribution in [3.63, 3.8) is 0 Å². The van der Waals surface area contributed by atoms with E-state index in [1.807, 2.05) is 36.4 Å². The number of ketones is 1. The van der Waals surface area contributed by atoms with Crippen molar-refractivity contribution < 1.29 is 19.4 Å². The van der Waals surface area contributed by atoms with Crippen molar-refractivity contribution in [1.29, 1.82) is 0 Å². The third kappa shape index (κ3) is 10.4. The molecule has 184 valence electrons. The lowest BCUT2D eigenvalue weighted by atomic mass is 9.99. The number of hydrogen-bond donors (Lipinski definition) is 2. The molecular weight excluding hydrogens is 454 g/mol. The Morgan fingerprint density at radius 1 is 1.29 bits per heavy atom. The number of benzene rings is 1. The van der Waals surface area contributed by atoms with Crippen LogP contribution in [0.4, 0.5) is 0 Å². The monoisotopic (exact) mass is 487 g/mol. The van der Waals surface area contributed by atoms with Crippen LogP contribution < -0.4 is 5.32 Å². The highest BCUT2D eigenvalue weighted by atomic mass is 35.5. The van der Waals surface area contributed by atoms with Gasteiger partial charge in [-0.2, -0.15) is 0 Å². The standard InChI is InChI=1S/C26H34ClN3O4/c1-26(2,33)15-16-29-25(32)23(10-5-4-7-19-11-13-20(27)14-12-19)24(28-3)30-18-34-22-9-6-8-21(31)17-22/h4,7,11-14,17-18,23,33H,5-6,8-10,15-16H2,1-3H3,(H,29,32). The number of carbonyl (C=O) groups excluding carboxylic acids is 2. The van der Waals surface area contributed by atoms with Gasteiger partial charge < -0.3 is 15.2 Å². The van der Waals surface area contributed by atoms with E-state index in [9.17, 15) is 14.7 Å². The number of allylic oxidation sites excluding steroid dienone is 3. The minimum absolute atomic E-state index is 0.0376. The summed E-state index contributed by atoms with van der Waals surface area (Å²) in [5, 5.41) is 13.5. The number of halogens is 1. The molecule has 2 N–H and O–H groups in total. The van der Waals surface area contributed by atoms with E-state index < -0.39 is 11.5 Å². The first-order valence-electron chi connectivity index (χ1n) is 11.5. The fourth-order valence-corrected chi connectivity index (χ4v) is 3.48. The maximum atomic E-state index is 13.0. The number of amides is 1. The van der Waals surface area contributed by atoms with E-state index in [0.717, 1.165) is 12.0 Å². The van der Waals surface area contributed by atoms with Gasteiger partial charge >= 0.3 is 0 Å². The van der Waals surface area contributed by atoms with Crippen molar-refractivity contribution in [3.05, 3.63) is 52.8 Å². The minimum atomic E-state index is -0.872. The highest BCUT2D eigenvalue weighted by molar-refractivity contribution is 6.30. The fraction of sp³-hybridized carbons (Fsp3) is 0.462. The van der Waals surface area contributed by atoms with E-state index in [1.165, 1.54) is 12.5 Å². The Kier molecular flexibility index (Phi) is 11.2. The van der Waals surface area contributed by atoms with Crippen molar-refractivity contribution in [2.45, 2.75) is 58.0 Å². The number of nitrogens with zero attached hydrogens (tertiary/aromatic N) is 2. The summed E-state index contributed by atoms with van der Waals surface area (Å²) in [6.45, 7) is 3.73. The predicted molar refractivity (Wildman–Crippen MR) is 137 cm³/mol. The van der Waals surface area contributed by atoms with Crippen molar-refractivity contribution in [3.8, 4) is 0 Å². The molecule has 0 saturated carbocycles. The average Bonchev–Trinajstić information content (AvgIpc) is 2.78. The molecule has 0 heterocycles. The summed E-state index contributed by atoms with van der Waals surface area (Å²) >= 11 is 5.93. The van der Waals surface area contributed by atoms with Gasteiger partial charge in [0.1, 0.15) is 11.6 Å². The predicted octanol–water partition coefficient (Wildman–Crippen LogP) is 4.74. The molecule has 0 bridgehead atoms. The van der Waals surface area contributed by atoms with Gasteiger partial charge in [-0.3, -0.25) is 14.6 Å². The third-order valence-electron chi connectivity index (χ3n) is 5.25. The first-order chi connectivity index (χ1) is 16.2. The number of rotatable bonds is 11. The molecule has 0 spiro atoms. The molecule has 1 aliphatic rings. The van der Waals surface area contributed by atoms with E-state index in [-0.39, 0.29) is 11.7 Å². The molecule has 0 saturated heterocycles. The number of hydrogen-bond acceptors (Lipinski definition) is 5. The number of ether oxygens (including phenoxy) is 1. The summed E-state index contributed by atoms with van der Waals surface area (Å²) in [5.41, 5.74) is 0.143. The zero-order valence-electron chi connectivity index (χ0n) is 20.1. The van der Waals surface area contributed by atoms with E-state index >= 15 is 0 Å². The van der Waals surface area contributed by atoms with Crippen LogP contribution >= 0.6 is 11.6 Å². The van der Waals surface area contributed by atoms with Gasteiger partial charge in [-0.25, -0.2) is 4.99 Å². The molecule has 0 aromatic heterocycles. The SMILES string of the molecule is CN=C(N=COC1=CC(=O)CCC1)C(CCC=Cc1ccc(Cl)cc1)C(=O)NCCC(C)(C)O. The largest absolute Gasteiger partial charge is 0.450 e.